The second-order valence-electron chi connectivity index (χ2n) is 6.01. The van der Waals surface area contributed by atoms with Crippen molar-refractivity contribution in [3.8, 4) is 0 Å². The first-order valence-corrected chi connectivity index (χ1v) is 8.46. The van der Waals surface area contributed by atoms with Crippen LogP contribution in [0.1, 0.15) is 52.4 Å². The molecule has 0 fully saturated rings. The standard InChI is InChI=1S/C20H25NO2/c1-3-4-5-6-10-13-17-15(2)20(23)19(22)14-18(17)21-16-11-8-7-9-12-16/h7-9,11-12,14,21H,3-6,10,13H2,1-2H3. The van der Waals surface area contributed by atoms with Gasteiger partial charge in [0, 0.05) is 23.0 Å². The van der Waals surface area contributed by atoms with Crippen molar-refractivity contribution in [1.29, 1.82) is 0 Å². The summed E-state index contributed by atoms with van der Waals surface area (Å²) in [6.45, 7) is 3.96. The van der Waals surface area contributed by atoms with E-state index in [1.165, 1.54) is 25.3 Å². The highest BCUT2D eigenvalue weighted by Gasteiger charge is 2.25. The molecule has 1 aromatic rings. The first-order chi connectivity index (χ1) is 11.1. The molecule has 2 rings (SSSR count). The molecule has 1 aliphatic rings. The molecule has 1 aromatic carbocycles. The first-order valence-electron chi connectivity index (χ1n) is 8.46. The van der Waals surface area contributed by atoms with Gasteiger partial charge in [-0.05, 0) is 37.5 Å². The lowest BCUT2D eigenvalue weighted by Gasteiger charge is -2.20. The molecule has 0 aliphatic heterocycles. The van der Waals surface area contributed by atoms with Gasteiger partial charge in [-0.1, -0.05) is 50.8 Å². The van der Waals surface area contributed by atoms with E-state index in [4.69, 9.17) is 0 Å². The fourth-order valence-corrected chi connectivity index (χ4v) is 2.82. The van der Waals surface area contributed by atoms with Gasteiger partial charge in [-0.2, -0.15) is 0 Å². The van der Waals surface area contributed by atoms with E-state index in [2.05, 4.69) is 12.2 Å². The Morgan fingerprint density at radius 1 is 0.957 bits per heavy atom. The molecule has 0 saturated heterocycles. The van der Waals surface area contributed by atoms with E-state index in [9.17, 15) is 9.59 Å². The summed E-state index contributed by atoms with van der Waals surface area (Å²) >= 11 is 0. The van der Waals surface area contributed by atoms with E-state index in [0.717, 1.165) is 36.2 Å². The molecule has 3 heteroatoms. The normalized spacial score (nSPS) is 15.0. The van der Waals surface area contributed by atoms with Gasteiger partial charge in [-0.25, -0.2) is 0 Å². The highest BCUT2D eigenvalue weighted by molar-refractivity contribution is 6.48. The van der Waals surface area contributed by atoms with Crippen LogP contribution in [0.4, 0.5) is 5.69 Å². The van der Waals surface area contributed by atoms with E-state index in [-0.39, 0.29) is 5.78 Å². The SMILES string of the molecule is CCCCCCCC1=C(C)C(=O)C(=O)C=C1Nc1ccccc1. The molecule has 122 valence electrons. The van der Waals surface area contributed by atoms with Gasteiger partial charge >= 0.3 is 0 Å². The van der Waals surface area contributed by atoms with Crippen LogP contribution in [0, 0.1) is 0 Å². The zero-order valence-electron chi connectivity index (χ0n) is 14.0. The zero-order chi connectivity index (χ0) is 16.7. The number of hydrogen-bond acceptors (Lipinski definition) is 3. The Labute approximate surface area is 138 Å². The van der Waals surface area contributed by atoms with Crippen LogP contribution >= 0.6 is 0 Å². The number of para-hydroxylation sites is 1. The van der Waals surface area contributed by atoms with Gasteiger partial charge in [0.15, 0.2) is 0 Å². The number of anilines is 1. The summed E-state index contributed by atoms with van der Waals surface area (Å²) in [7, 11) is 0. The predicted octanol–water partition coefficient (Wildman–Crippen LogP) is 4.81. The van der Waals surface area contributed by atoms with E-state index in [1.807, 2.05) is 30.3 Å². The largest absolute Gasteiger partial charge is 0.355 e. The Hall–Kier alpha value is -2.16. The third-order valence-corrected chi connectivity index (χ3v) is 4.20. The van der Waals surface area contributed by atoms with Crippen molar-refractivity contribution in [2.24, 2.45) is 0 Å². The third kappa shape index (κ3) is 4.65. The maximum absolute atomic E-state index is 12.0. The zero-order valence-corrected chi connectivity index (χ0v) is 14.0. The topological polar surface area (TPSA) is 46.2 Å². The quantitative estimate of drug-likeness (QED) is 0.426. The van der Waals surface area contributed by atoms with Crippen molar-refractivity contribution in [3.63, 3.8) is 0 Å². The van der Waals surface area contributed by atoms with E-state index >= 15 is 0 Å². The number of unbranched alkanes of at least 4 members (excludes halogenated alkanes) is 4. The molecule has 0 amide bonds. The van der Waals surface area contributed by atoms with E-state index in [1.54, 1.807) is 6.92 Å². The van der Waals surface area contributed by atoms with E-state index < -0.39 is 5.78 Å². The monoisotopic (exact) mass is 311 g/mol. The number of ketones is 2. The fraction of sp³-hybridized carbons (Fsp3) is 0.400. The molecular formula is C20H25NO2. The lowest BCUT2D eigenvalue weighted by Crippen LogP contribution is -2.22. The molecule has 0 atom stereocenters. The lowest BCUT2D eigenvalue weighted by atomic mass is 9.90. The number of carbonyl (C=O) groups excluding carboxylic acids is 2. The van der Waals surface area contributed by atoms with Gasteiger partial charge in [0.25, 0.3) is 0 Å². The van der Waals surface area contributed by atoms with Crippen LogP contribution in [0.15, 0.2) is 53.3 Å². The molecule has 0 heterocycles. The summed E-state index contributed by atoms with van der Waals surface area (Å²) in [6.07, 6.45) is 8.17. The number of Topliss-reactive ketones (excluding diaryl/α,β-unsaturated/α-hetero) is 1. The summed E-state index contributed by atoms with van der Waals surface area (Å²) in [5.74, 6) is -0.803. The number of benzene rings is 1. The van der Waals surface area contributed by atoms with Gasteiger partial charge in [0.05, 0.1) is 0 Å². The minimum Gasteiger partial charge on any atom is -0.355 e. The van der Waals surface area contributed by atoms with Crippen LogP contribution in [0.25, 0.3) is 0 Å². The number of carbonyl (C=O) groups is 2. The first kappa shape index (κ1) is 17.2. The van der Waals surface area contributed by atoms with Crippen LogP contribution in [-0.2, 0) is 9.59 Å². The van der Waals surface area contributed by atoms with Gasteiger partial charge < -0.3 is 5.32 Å². The van der Waals surface area contributed by atoms with Crippen LogP contribution in [0.2, 0.25) is 0 Å². The molecule has 23 heavy (non-hydrogen) atoms. The fourth-order valence-electron chi connectivity index (χ4n) is 2.82. The number of rotatable bonds is 8. The minimum atomic E-state index is -0.435. The van der Waals surface area contributed by atoms with Gasteiger partial charge in [-0.15, -0.1) is 0 Å². The van der Waals surface area contributed by atoms with Crippen LogP contribution in [0.5, 0.6) is 0 Å². The molecule has 1 N–H and O–H groups in total. The maximum Gasteiger partial charge on any atom is 0.229 e. The summed E-state index contributed by atoms with van der Waals surface area (Å²) in [5, 5.41) is 3.29. The molecule has 3 nitrogen and oxygen atoms in total. The van der Waals surface area contributed by atoms with Crippen molar-refractivity contribution < 1.29 is 9.59 Å². The van der Waals surface area contributed by atoms with E-state index in [0.29, 0.717) is 5.57 Å². The van der Waals surface area contributed by atoms with Crippen molar-refractivity contribution in [2.45, 2.75) is 52.4 Å². The summed E-state index contributed by atoms with van der Waals surface area (Å²) in [6, 6.07) is 9.75. The second-order valence-corrected chi connectivity index (χ2v) is 6.01. The van der Waals surface area contributed by atoms with Crippen molar-refractivity contribution >= 4 is 17.3 Å². The molecule has 1 aliphatic carbocycles. The van der Waals surface area contributed by atoms with Gasteiger partial charge in [0.2, 0.25) is 11.6 Å². The van der Waals surface area contributed by atoms with Crippen LogP contribution in [0.3, 0.4) is 0 Å². The predicted molar refractivity (Wildman–Crippen MR) is 94.2 cm³/mol. The average Bonchev–Trinajstić information content (AvgIpc) is 2.56. The number of allylic oxidation sites excluding steroid dienone is 3. The summed E-state index contributed by atoms with van der Waals surface area (Å²) < 4.78 is 0. The molecule has 0 aromatic heterocycles. The molecule has 0 radical (unpaired) electrons. The van der Waals surface area contributed by atoms with Gasteiger partial charge in [0.1, 0.15) is 0 Å². The number of hydrogen-bond donors (Lipinski definition) is 1. The summed E-state index contributed by atoms with van der Waals surface area (Å²) in [4.78, 5) is 23.9. The van der Waals surface area contributed by atoms with Crippen molar-refractivity contribution in [1.82, 2.24) is 0 Å². The second kappa shape index (κ2) is 8.47. The smallest absolute Gasteiger partial charge is 0.229 e. The highest BCUT2D eigenvalue weighted by Crippen LogP contribution is 2.27. The lowest BCUT2D eigenvalue weighted by molar-refractivity contribution is -0.131. The van der Waals surface area contributed by atoms with Crippen molar-refractivity contribution in [3.05, 3.63) is 53.3 Å². The van der Waals surface area contributed by atoms with Crippen LogP contribution in [-0.4, -0.2) is 11.6 Å². The third-order valence-electron chi connectivity index (χ3n) is 4.20. The Balaban J connectivity index is 2.11. The average molecular weight is 311 g/mol. The van der Waals surface area contributed by atoms with Crippen LogP contribution < -0.4 is 5.32 Å². The molecular weight excluding hydrogens is 286 g/mol. The Morgan fingerprint density at radius 2 is 1.65 bits per heavy atom. The summed E-state index contributed by atoms with van der Waals surface area (Å²) in [5.41, 5.74) is 3.27. The highest BCUT2D eigenvalue weighted by atomic mass is 16.2. The minimum absolute atomic E-state index is 0.368. The molecule has 0 unspecified atom stereocenters. The van der Waals surface area contributed by atoms with Crippen molar-refractivity contribution in [2.75, 3.05) is 5.32 Å². The maximum atomic E-state index is 12.0. The Kier molecular flexibility index (Phi) is 6.33. The molecule has 0 spiro atoms. The Bertz CT molecular complexity index is 626. The van der Waals surface area contributed by atoms with Gasteiger partial charge in [-0.3, -0.25) is 9.59 Å². The molecule has 0 saturated carbocycles. The number of nitrogens with one attached hydrogen (secondary N) is 1. The Morgan fingerprint density at radius 3 is 2.35 bits per heavy atom. The molecule has 0 bridgehead atoms.